The van der Waals surface area contributed by atoms with Crippen molar-refractivity contribution in [2.45, 2.75) is 19.3 Å². The summed E-state index contributed by atoms with van der Waals surface area (Å²) in [6, 6.07) is 4.73. The van der Waals surface area contributed by atoms with Crippen molar-refractivity contribution >= 4 is 6.29 Å². The highest BCUT2D eigenvalue weighted by Crippen LogP contribution is 2.32. The molecule has 0 radical (unpaired) electrons. The number of phenolic OH excluding ortho intramolecular Hbond substituents is 1. The van der Waals surface area contributed by atoms with Gasteiger partial charge >= 0.3 is 0 Å². The second-order valence-electron chi connectivity index (χ2n) is 3.72. The molecule has 0 fully saturated rings. The van der Waals surface area contributed by atoms with Crippen LogP contribution in [-0.2, 0) is 10.2 Å². The Kier molecular flexibility index (Phi) is 2.79. The van der Waals surface area contributed by atoms with E-state index >= 15 is 0 Å². The average molecular weight is 194 g/mol. The standard InChI is InChI=1S/C11H14O3/c1-11(2,7-12)9-6-8(13)4-5-10(9)14-3/h4-7,13H,1-3H3. The molecule has 0 saturated heterocycles. The number of hydrogen-bond acceptors (Lipinski definition) is 3. The van der Waals surface area contributed by atoms with Crippen molar-refractivity contribution in [2.75, 3.05) is 7.11 Å². The maximum atomic E-state index is 10.9. The number of phenols is 1. The van der Waals surface area contributed by atoms with Gasteiger partial charge in [0, 0.05) is 11.0 Å². The Morgan fingerprint density at radius 1 is 1.43 bits per heavy atom. The zero-order valence-electron chi connectivity index (χ0n) is 8.57. The van der Waals surface area contributed by atoms with Crippen molar-refractivity contribution in [2.24, 2.45) is 0 Å². The molecule has 0 amide bonds. The first-order valence-electron chi connectivity index (χ1n) is 4.35. The number of aldehydes is 1. The molecule has 1 aromatic carbocycles. The molecule has 0 spiro atoms. The summed E-state index contributed by atoms with van der Waals surface area (Å²) < 4.78 is 5.12. The molecular formula is C11H14O3. The second-order valence-corrected chi connectivity index (χ2v) is 3.72. The third kappa shape index (κ3) is 1.87. The first-order chi connectivity index (χ1) is 6.51. The summed E-state index contributed by atoms with van der Waals surface area (Å²) in [5.74, 6) is 0.746. The number of carbonyl (C=O) groups excluding carboxylic acids is 1. The summed E-state index contributed by atoms with van der Waals surface area (Å²) in [5.41, 5.74) is 0.0411. The van der Waals surface area contributed by atoms with Gasteiger partial charge < -0.3 is 14.6 Å². The summed E-state index contributed by atoms with van der Waals surface area (Å²) in [5, 5.41) is 9.32. The monoisotopic (exact) mass is 194 g/mol. The fourth-order valence-corrected chi connectivity index (χ4v) is 1.26. The van der Waals surface area contributed by atoms with Gasteiger partial charge in [0.15, 0.2) is 0 Å². The van der Waals surface area contributed by atoms with E-state index in [1.54, 1.807) is 26.0 Å². The van der Waals surface area contributed by atoms with Crippen molar-refractivity contribution in [3.8, 4) is 11.5 Å². The van der Waals surface area contributed by atoms with E-state index in [2.05, 4.69) is 0 Å². The Morgan fingerprint density at radius 3 is 2.57 bits per heavy atom. The summed E-state index contributed by atoms with van der Waals surface area (Å²) in [7, 11) is 1.54. The Bertz CT molecular complexity index is 342. The van der Waals surface area contributed by atoms with Crippen LogP contribution in [0.5, 0.6) is 11.5 Å². The molecule has 0 aliphatic heterocycles. The lowest BCUT2D eigenvalue weighted by molar-refractivity contribution is -0.111. The minimum absolute atomic E-state index is 0.135. The second kappa shape index (κ2) is 3.70. The third-order valence-corrected chi connectivity index (χ3v) is 2.17. The van der Waals surface area contributed by atoms with Crippen LogP contribution >= 0.6 is 0 Å². The van der Waals surface area contributed by atoms with Crippen molar-refractivity contribution in [3.05, 3.63) is 23.8 Å². The highest BCUT2D eigenvalue weighted by Gasteiger charge is 2.24. The molecule has 0 aliphatic carbocycles. The lowest BCUT2D eigenvalue weighted by Gasteiger charge is -2.20. The van der Waals surface area contributed by atoms with Crippen LogP contribution < -0.4 is 4.74 Å². The normalized spacial score (nSPS) is 11.1. The number of carbonyl (C=O) groups is 1. The van der Waals surface area contributed by atoms with E-state index < -0.39 is 5.41 Å². The van der Waals surface area contributed by atoms with Gasteiger partial charge in [-0.3, -0.25) is 0 Å². The molecule has 76 valence electrons. The molecule has 0 atom stereocenters. The van der Waals surface area contributed by atoms with E-state index in [4.69, 9.17) is 4.74 Å². The van der Waals surface area contributed by atoms with Crippen LogP contribution in [0.25, 0.3) is 0 Å². The van der Waals surface area contributed by atoms with Crippen LogP contribution in [0.15, 0.2) is 18.2 Å². The maximum Gasteiger partial charge on any atom is 0.130 e. The fourth-order valence-electron chi connectivity index (χ4n) is 1.26. The summed E-state index contributed by atoms with van der Waals surface area (Å²) in [4.78, 5) is 10.9. The Morgan fingerprint density at radius 2 is 2.07 bits per heavy atom. The molecule has 1 aromatic rings. The van der Waals surface area contributed by atoms with Crippen LogP contribution in [-0.4, -0.2) is 18.5 Å². The number of hydrogen-bond donors (Lipinski definition) is 1. The minimum atomic E-state index is -0.649. The van der Waals surface area contributed by atoms with Gasteiger partial charge in [0.1, 0.15) is 17.8 Å². The van der Waals surface area contributed by atoms with Gasteiger partial charge in [-0.05, 0) is 32.0 Å². The molecule has 14 heavy (non-hydrogen) atoms. The quantitative estimate of drug-likeness (QED) is 0.747. The Balaban J connectivity index is 3.30. The minimum Gasteiger partial charge on any atom is -0.508 e. The van der Waals surface area contributed by atoms with Gasteiger partial charge in [-0.25, -0.2) is 0 Å². The fraction of sp³-hybridized carbons (Fsp3) is 0.364. The molecule has 3 nitrogen and oxygen atoms in total. The van der Waals surface area contributed by atoms with E-state index in [1.165, 1.54) is 13.2 Å². The number of rotatable bonds is 3. The van der Waals surface area contributed by atoms with Gasteiger partial charge in [-0.2, -0.15) is 0 Å². The van der Waals surface area contributed by atoms with E-state index in [-0.39, 0.29) is 5.75 Å². The smallest absolute Gasteiger partial charge is 0.130 e. The van der Waals surface area contributed by atoms with Crippen LogP contribution in [0, 0.1) is 0 Å². The summed E-state index contributed by atoms with van der Waals surface area (Å²) in [6.45, 7) is 3.55. The van der Waals surface area contributed by atoms with E-state index in [9.17, 15) is 9.90 Å². The van der Waals surface area contributed by atoms with Crippen LogP contribution in [0.1, 0.15) is 19.4 Å². The van der Waals surface area contributed by atoms with E-state index in [0.29, 0.717) is 11.3 Å². The van der Waals surface area contributed by atoms with Crippen LogP contribution in [0.4, 0.5) is 0 Å². The number of ether oxygens (including phenoxy) is 1. The predicted molar refractivity (Wildman–Crippen MR) is 53.7 cm³/mol. The molecule has 0 saturated carbocycles. The third-order valence-electron chi connectivity index (χ3n) is 2.17. The van der Waals surface area contributed by atoms with Gasteiger partial charge in [-0.1, -0.05) is 0 Å². The zero-order valence-corrected chi connectivity index (χ0v) is 8.57. The molecular weight excluding hydrogens is 180 g/mol. The molecule has 0 unspecified atom stereocenters. The topological polar surface area (TPSA) is 46.5 Å². The van der Waals surface area contributed by atoms with Crippen molar-refractivity contribution < 1.29 is 14.6 Å². The van der Waals surface area contributed by atoms with Gasteiger partial charge in [0.2, 0.25) is 0 Å². The van der Waals surface area contributed by atoms with Crippen molar-refractivity contribution in [1.29, 1.82) is 0 Å². The summed E-state index contributed by atoms with van der Waals surface area (Å²) in [6.07, 6.45) is 0.838. The molecule has 0 aromatic heterocycles. The Labute approximate surface area is 83.3 Å². The number of methoxy groups -OCH3 is 1. The number of benzene rings is 1. The van der Waals surface area contributed by atoms with Gasteiger partial charge in [0.05, 0.1) is 7.11 Å². The molecule has 1 rings (SSSR count). The molecule has 1 N–H and O–H groups in total. The molecule has 0 bridgehead atoms. The van der Waals surface area contributed by atoms with Crippen LogP contribution in [0.3, 0.4) is 0 Å². The highest BCUT2D eigenvalue weighted by atomic mass is 16.5. The largest absolute Gasteiger partial charge is 0.508 e. The predicted octanol–water partition coefficient (Wildman–Crippen LogP) is 1.88. The average Bonchev–Trinajstić information content (AvgIpc) is 2.18. The van der Waals surface area contributed by atoms with Crippen molar-refractivity contribution in [1.82, 2.24) is 0 Å². The Hall–Kier alpha value is -1.51. The zero-order chi connectivity index (χ0) is 10.8. The van der Waals surface area contributed by atoms with E-state index in [1.807, 2.05) is 0 Å². The summed E-state index contributed by atoms with van der Waals surface area (Å²) >= 11 is 0. The SMILES string of the molecule is COc1ccc(O)cc1C(C)(C)C=O. The van der Waals surface area contributed by atoms with Gasteiger partial charge in [-0.15, -0.1) is 0 Å². The van der Waals surface area contributed by atoms with Crippen molar-refractivity contribution in [3.63, 3.8) is 0 Å². The first-order valence-corrected chi connectivity index (χ1v) is 4.35. The maximum absolute atomic E-state index is 10.9. The number of aromatic hydroxyl groups is 1. The molecule has 0 heterocycles. The van der Waals surface area contributed by atoms with E-state index in [0.717, 1.165) is 6.29 Å². The molecule has 0 aliphatic rings. The van der Waals surface area contributed by atoms with Crippen LogP contribution in [0.2, 0.25) is 0 Å². The van der Waals surface area contributed by atoms with Gasteiger partial charge in [0.25, 0.3) is 0 Å². The highest BCUT2D eigenvalue weighted by molar-refractivity contribution is 5.69. The first kappa shape index (κ1) is 10.6. The molecule has 3 heteroatoms. The lowest BCUT2D eigenvalue weighted by Crippen LogP contribution is -2.19. The lowest BCUT2D eigenvalue weighted by atomic mass is 9.85.